The summed E-state index contributed by atoms with van der Waals surface area (Å²) in [6, 6.07) is 14.1. The Kier molecular flexibility index (Phi) is 8.21. The molecule has 7 heteroatoms. The minimum Gasteiger partial charge on any atom is -0.390 e. The Bertz CT molecular complexity index is 1140. The number of carbonyl (C=O) groups is 1. The van der Waals surface area contributed by atoms with Crippen LogP contribution in [0, 0.1) is 11.6 Å². The number of benzene rings is 2. The summed E-state index contributed by atoms with van der Waals surface area (Å²) in [7, 11) is 0. The Morgan fingerprint density at radius 2 is 1.91 bits per heavy atom. The third-order valence-electron chi connectivity index (χ3n) is 6.56. The Hall–Kier alpha value is -3.16. The highest BCUT2D eigenvalue weighted by molar-refractivity contribution is 5.92. The molecule has 2 aromatic carbocycles. The van der Waals surface area contributed by atoms with Crippen LogP contribution in [0.3, 0.4) is 0 Å². The maximum atomic E-state index is 13.8. The number of carbonyl (C=O) groups excluding carboxylic acids is 1. The number of nitrogens with zero attached hydrogens (tertiary/aromatic N) is 1. The molecule has 4 rings (SSSR count). The number of fused-ring (bicyclic) bond motifs is 1. The quantitative estimate of drug-likeness (QED) is 0.428. The van der Waals surface area contributed by atoms with Gasteiger partial charge in [-0.15, -0.1) is 0 Å². The van der Waals surface area contributed by atoms with Crippen molar-refractivity contribution in [3.8, 4) is 0 Å². The molecule has 0 bridgehead atoms. The molecule has 1 aromatic heterocycles. The first kappa shape index (κ1) is 24.9. The molecule has 0 saturated heterocycles. The Balaban J connectivity index is 1.50. The van der Waals surface area contributed by atoms with E-state index in [2.05, 4.69) is 40.7 Å². The maximum absolute atomic E-state index is 13.8. The molecule has 0 unspecified atom stereocenters. The topological polar surface area (TPSA) is 74.2 Å². The van der Waals surface area contributed by atoms with Gasteiger partial charge in [-0.05, 0) is 78.6 Å². The second-order valence-corrected chi connectivity index (χ2v) is 9.08. The molecule has 3 atom stereocenters. The summed E-state index contributed by atoms with van der Waals surface area (Å²) >= 11 is 0. The van der Waals surface area contributed by atoms with Crippen molar-refractivity contribution in [2.24, 2.45) is 0 Å². The van der Waals surface area contributed by atoms with Gasteiger partial charge < -0.3 is 15.7 Å². The number of hydrogen-bond acceptors (Lipinski definition) is 4. The fourth-order valence-electron chi connectivity index (χ4n) is 4.69. The SMILES string of the molecule is CCc1ccc2c(c1)[C@@H](NC[C@H](O)[C@H](Cc1cc(F)cc(F)c1)NC(=O)c1ccccn1)CCC2. The van der Waals surface area contributed by atoms with Gasteiger partial charge in [-0.2, -0.15) is 0 Å². The summed E-state index contributed by atoms with van der Waals surface area (Å²) in [4.78, 5) is 16.8. The van der Waals surface area contributed by atoms with Crippen LogP contribution in [0.1, 0.15) is 58.5 Å². The van der Waals surface area contributed by atoms with Crippen molar-refractivity contribution in [3.63, 3.8) is 0 Å². The van der Waals surface area contributed by atoms with Crippen LogP contribution < -0.4 is 10.6 Å². The Morgan fingerprint density at radius 3 is 2.63 bits per heavy atom. The van der Waals surface area contributed by atoms with E-state index in [1.807, 2.05) is 0 Å². The Labute approximate surface area is 204 Å². The van der Waals surface area contributed by atoms with Crippen molar-refractivity contribution in [1.82, 2.24) is 15.6 Å². The molecule has 3 aromatic rings. The van der Waals surface area contributed by atoms with Crippen LogP contribution in [0.4, 0.5) is 8.78 Å². The van der Waals surface area contributed by atoms with Gasteiger partial charge in [-0.3, -0.25) is 9.78 Å². The van der Waals surface area contributed by atoms with Gasteiger partial charge in [0.1, 0.15) is 17.3 Å². The van der Waals surface area contributed by atoms with Crippen molar-refractivity contribution in [2.75, 3.05) is 6.54 Å². The fraction of sp³-hybridized carbons (Fsp3) is 0.357. The van der Waals surface area contributed by atoms with Gasteiger partial charge in [0.05, 0.1) is 12.1 Å². The van der Waals surface area contributed by atoms with Crippen LogP contribution in [0.5, 0.6) is 0 Å². The van der Waals surface area contributed by atoms with Crippen LogP contribution in [-0.4, -0.2) is 34.7 Å². The number of aliphatic hydroxyl groups is 1. The average Bonchev–Trinajstić information content (AvgIpc) is 2.86. The summed E-state index contributed by atoms with van der Waals surface area (Å²) in [5, 5.41) is 17.4. The third-order valence-corrected chi connectivity index (χ3v) is 6.56. The van der Waals surface area contributed by atoms with E-state index in [1.54, 1.807) is 18.2 Å². The smallest absolute Gasteiger partial charge is 0.270 e. The van der Waals surface area contributed by atoms with Crippen molar-refractivity contribution >= 4 is 5.91 Å². The van der Waals surface area contributed by atoms with Crippen LogP contribution in [0.15, 0.2) is 60.8 Å². The molecule has 0 fully saturated rings. The van der Waals surface area contributed by atoms with Crippen molar-refractivity contribution in [2.45, 2.75) is 57.2 Å². The zero-order chi connectivity index (χ0) is 24.8. The molecule has 1 aliphatic rings. The summed E-state index contributed by atoms with van der Waals surface area (Å²) in [5.41, 5.74) is 4.39. The zero-order valence-electron chi connectivity index (χ0n) is 19.8. The van der Waals surface area contributed by atoms with E-state index in [1.165, 1.54) is 35.0 Å². The predicted molar refractivity (Wildman–Crippen MR) is 131 cm³/mol. The van der Waals surface area contributed by atoms with Gasteiger partial charge in [-0.1, -0.05) is 31.2 Å². The number of aromatic nitrogens is 1. The van der Waals surface area contributed by atoms with Crippen LogP contribution in [0.2, 0.25) is 0 Å². The van der Waals surface area contributed by atoms with Gasteiger partial charge >= 0.3 is 0 Å². The maximum Gasteiger partial charge on any atom is 0.270 e. The standard InChI is InChI=1S/C28H31F2N3O2/c1-2-18-9-10-20-6-5-8-24(23(20)14-18)32-17-27(34)26(15-19-12-21(29)16-22(30)13-19)33-28(35)25-7-3-4-11-31-25/h3-4,7,9-14,16,24,26-27,32,34H,2,5-6,8,15,17H2,1H3,(H,33,35)/t24-,26-,27-/m0/s1. The zero-order valence-corrected chi connectivity index (χ0v) is 19.8. The molecule has 0 spiro atoms. The van der Waals surface area contributed by atoms with E-state index in [9.17, 15) is 18.7 Å². The largest absolute Gasteiger partial charge is 0.390 e. The predicted octanol–water partition coefficient (Wildman–Crippen LogP) is 4.29. The van der Waals surface area contributed by atoms with Crippen molar-refractivity contribution in [3.05, 3.63) is 100 Å². The van der Waals surface area contributed by atoms with E-state index in [-0.39, 0.29) is 24.7 Å². The first-order chi connectivity index (χ1) is 16.9. The monoisotopic (exact) mass is 479 g/mol. The number of rotatable bonds is 9. The molecule has 1 aliphatic carbocycles. The van der Waals surface area contributed by atoms with Crippen LogP contribution in [-0.2, 0) is 19.3 Å². The highest BCUT2D eigenvalue weighted by atomic mass is 19.1. The number of pyridine rings is 1. The minimum absolute atomic E-state index is 0.0668. The van der Waals surface area contributed by atoms with Gasteiger partial charge in [0, 0.05) is 24.8 Å². The molecule has 0 radical (unpaired) electrons. The molecular formula is C28H31F2N3O2. The summed E-state index contributed by atoms with van der Waals surface area (Å²) in [5.74, 6) is -1.86. The average molecular weight is 480 g/mol. The summed E-state index contributed by atoms with van der Waals surface area (Å²) in [6.07, 6.45) is 4.57. The molecule has 0 saturated carbocycles. The van der Waals surface area contributed by atoms with Gasteiger partial charge in [-0.25, -0.2) is 8.78 Å². The molecule has 1 heterocycles. The van der Waals surface area contributed by atoms with Gasteiger partial charge in [0.2, 0.25) is 0 Å². The third kappa shape index (κ3) is 6.50. The number of aliphatic hydroxyl groups excluding tert-OH is 1. The lowest BCUT2D eigenvalue weighted by Crippen LogP contribution is -2.49. The lowest BCUT2D eigenvalue weighted by Gasteiger charge is -2.30. The molecular weight excluding hydrogens is 448 g/mol. The van der Waals surface area contributed by atoms with Crippen molar-refractivity contribution < 1.29 is 18.7 Å². The highest BCUT2D eigenvalue weighted by Gasteiger charge is 2.26. The molecule has 3 N–H and O–H groups in total. The first-order valence-corrected chi connectivity index (χ1v) is 12.1. The van der Waals surface area contributed by atoms with E-state index >= 15 is 0 Å². The Morgan fingerprint density at radius 1 is 1.11 bits per heavy atom. The molecule has 184 valence electrons. The van der Waals surface area contributed by atoms with Crippen LogP contribution >= 0.6 is 0 Å². The molecule has 35 heavy (non-hydrogen) atoms. The number of hydrogen-bond donors (Lipinski definition) is 3. The number of amides is 1. The fourth-order valence-corrected chi connectivity index (χ4v) is 4.69. The van der Waals surface area contributed by atoms with Crippen molar-refractivity contribution in [1.29, 1.82) is 0 Å². The van der Waals surface area contributed by atoms with E-state index in [4.69, 9.17) is 0 Å². The van der Waals surface area contributed by atoms with E-state index in [0.29, 0.717) is 5.56 Å². The minimum atomic E-state index is -0.992. The number of aryl methyl sites for hydroxylation is 2. The van der Waals surface area contributed by atoms with Crippen LogP contribution in [0.25, 0.3) is 0 Å². The number of nitrogens with one attached hydrogen (secondary N) is 2. The molecule has 1 amide bonds. The normalized spacial score (nSPS) is 16.9. The highest BCUT2D eigenvalue weighted by Crippen LogP contribution is 2.30. The van der Waals surface area contributed by atoms with E-state index < -0.39 is 29.7 Å². The second kappa shape index (κ2) is 11.5. The molecule has 0 aliphatic heterocycles. The summed E-state index contributed by atoms with van der Waals surface area (Å²) in [6.45, 7) is 2.34. The summed E-state index contributed by atoms with van der Waals surface area (Å²) < 4.78 is 27.6. The molecule has 5 nitrogen and oxygen atoms in total. The lowest BCUT2D eigenvalue weighted by molar-refractivity contribution is 0.0818. The number of halogens is 2. The second-order valence-electron chi connectivity index (χ2n) is 9.08. The van der Waals surface area contributed by atoms with E-state index in [0.717, 1.165) is 31.7 Å². The lowest BCUT2D eigenvalue weighted by atomic mass is 9.86. The van der Waals surface area contributed by atoms with Gasteiger partial charge in [0.15, 0.2) is 0 Å². The van der Waals surface area contributed by atoms with Gasteiger partial charge in [0.25, 0.3) is 5.91 Å². The first-order valence-electron chi connectivity index (χ1n) is 12.1.